The molecule has 0 unspecified atom stereocenters. The highest BCUT2D eigenvalue weighted by atomic mass is 79.9. The summed E-state index contributed by atoms with van der Waals surface area (Å²) in [4.78, 5) is 27.9. The van der Waals surface area contributed by atoms with Crippen LogP contribution in [0.3, 0.4) is 0 Å². The zero-order valence-electron chi connectivity index (χ0n) is 12.1. The van der Waals surface area contributed by atoms with Gasteiger partial charge in [-0.3, -0.25) is 10.1 Å². The summed E-state index contributed by atoms with van der Waals surface area (Å²) in [5.41, 5.74) is 0.539. The molecule has 0 saturated heterocycles. The summed E-state index contributed by atoms with van der Waals surface area (Å²) in [5.74, 6) is -2.13. The van der Waals surface area contributed by atoms with Crippen LogP contribution in [-0.4, -0.2) is 23.5 Å². The van der Waals surface area contributed by atoms with E-state index in [-0.39, 0.29) is 5.56 Å². The molecule has 1 amide bonds. The normalized spacial score (nSPS) is 10.6. The van der Waals surface area contributed by atoms with Crippen LogP contribution >= 0.6 is 27.3 Å². The molecule has 1 aromatic heterocycles. The van der Waals surface area contributed by atoms with Crippen molar-refractivity contribution in [1.82, 2.24) is 4.98 Å². The van der Waals surface area contributed by atoms with Crippen molar-refractivity contribution in [3.8, 4) is 0 Å². The third-order valence-corrected chi connectivity index (χ3v) is 4.45. The molecule has 3 aromatic rings. The maximum Gasteiger partial charge on any atom is 0.341 e. The summed E-state index contributed by atoms with van der Waals surface area (Å²) in [6.07, 6.45) is 0. The van der Waals surface area contributed by atoms with E-state index in [0.717, 1.165) is 20.8 Å². The van der Waals surface area contributed by atoms with Gasteiger partial charge in [-0.25, -0.2) is 14.2 Å². The van der Waals surface area contributed by atoms with Gasteiger partial charge in [-0.05, 0) is 30.3 Å². The van der Waals surface area contributed by atoms with Gasteiger partial charge in [0.25, 0.3) is 5.91 Å². The number of esters is 1. The molecule has 0 aliphatic rings. The first kappa shape index (κ1) is 16.5. The predicted molar refractivity (Wildman–Crippen MR) is 92.6 cm³/mol. The fraction of sp³-hybridized carbons (Fsp3) is 0.0625. The first-order valence-corrected chi connectivity index (χ1v) is 8.41. The number of aromatic nitrogens is 1. The van der Waals surface area contributed by atoms with E-state index in [1.54, 1.807) is 0 Å². The van der Waals surface area contributed by atoms with E-state index in [1.165, 1.54) is 29.5 Å². The van der Waals surface area contributed by atoms with E-state index in [9.17, 15) is 14.0 Å². The zero-order valence-corrected chi connectivity index (χ0v) is 14.5. The summed E-state index contributed by atoms with van der Waals surface area (Å²) in [6.45, 7) is -0.521. The molecule has 24 heavy (non-hydrogen) atoms. The van der Waals surface area contributed by atoms with Crippen LogP contribution in [-0.2, 0) is 9.53 Å². The number of thiazole rings is 1. The number of carbonyl (C=O) groups excluding carboxylic acids is 2. The van der Waals surface area contributed by atoms with E-state index in [2.05, 4.69) is 26.2 Å². The zero-order chi connectivity index (χ0) is 17.1. The van der Waals surface area contributed by atoms with Crippen molar-refractivity contribution in [1.29, 1.82) is 0 Å². The summed E-state index contributed by atoms with van der Waals surface area (Å²) >= 11 is 4.66. The monoisotopic (exact) mass is 408 g/mol. The summed E-state index contributed by atoms with van der Waals surface area (Å²) in [7, 11) is 0. The van der Waals surface area contributed by atoms with E-state index >= 15 is 0 Å². The van der Waals surface area contributed by atoms with Crippen molar-refractivity contribution in [3.63, 3.8) is 0 Å². The molecule has 0 aliphatic heterocycles. The molecule has 1 N–H and O–H groups in total. The van der Waals surface area contributed by atoms with Crippen LogP contribution in [0.15, 0.2) is 46.9 Å². The smallest absolute Gasteiger partial charge is 0.341 e. The number of anilines is 1. The van der Waals surface area contributed by atoms with Crippen LogP contribution in [0.4, 0.5) is 9.52 Å². The summed E-state index contributed by atoms with van der Waals surface area (Å²) in [5, 5.41) is 2.95. The Balaban J connectivity index is 1.61. The first-order valence-electron chi connectivity index (χ1n) is 6.80. The minimum atomic E-state index is -0.892. The van der Waals surface area contributed by atoms with Crippen LogP contribution in [0.25, 0.3) is 10.2 Å². The van der Waals surface area contributed by atoms with Gasteiger partial charge in [0.1, 0.15) is 5.82 Å². The number of hydrogen-bond acceptors (Lipinski definition) is 5. The summed E-state index contributed by atoms with van der Waals surface area (Å²) < 4.78 is 20.1. The van der Waals surface area contributed by atoms with Gasteiger partial charge in [-0.2, -0.15) is 0 Å². The lowest BCUT2D eigenvalue weighted by molar-refractivity contribution is -0.119. The number of fused-ring (bicyclic) bond motifs is 1. The Kier molecular flexibility index (Phi) is 4.86. The second kappa shape index (κ2) is 7.06. The van der Waals surface area contributed by atoms with Crippen LogP contribution in [0.1, 0.15) is 10.4 Å². The van der Waals surface area contributed by atoms with E-state index in [1.807, 2.05) is 18.2 Å². The number of carbonyl (C=O) groups is 2. The molecule has 3 rings (SSSR count). The topological polar surface area (TPSA) is 68.3 Å². The Morgan fingerprint density at radius 2 is 2.04 bits per heavy atom. The average molecular weight is 409 g/mol. The number of rotatable bonds is 4. The number of nitrogens with one attached hydrogen (secondary N) is 1. The molecule has 0 fully saturated rings. The molecular formula is C16H10BrFN2O3S. The van der Waals surface area contributed by atoms with Gasteiger partial charge in [0, 0.05) is 4.47 Å². The molecule has 122 valence electrons. The SMILES string of the molecule is O=C(COC(=O)c1ccccc1F)Nc1nc2ccc(Br)cc2s1. The molecule has 0 spiro atoms. The average Bonchev–Trinajstić information content (AvgIpc) is 2.94. The molecule has 2 aromatic carbocycles. The largest absolute Gasteiger partial charge is 0.452 e. The van der Waals surface area contributed by atoms with E-state index in [0.29, 0.717) is 5.13 Å². The highest BCUT2D eigenvalue weighted by molar-refractivity contribution is 9.10. The molecule has 0 saturated carbocycles. The molecule has 0 atom stereocenters. The number of hydrogen-bond donors (Lipinski definition) is 1. The molecular weight excluding hydrogens is 399 g/mol. The van der Waals surface area contributed by atoms with Crippen molar-refractivity contribution >= 4 is 54.5 Å². The number of amides is 1. The lowest BCUT2D eigenvalue weighted by atomic mass is 10.2. The highest BCUT2D eigenvalue weighted by Crippen LogP contribution is 2.28. The van der Waals surface area contributed by atoms with Gasteiger partial charge in [0.2, 0.25) is 0 Å². The van der Waals surface area contributed by atoms with Crippen LogP contribution in [0.5, 0.6) is 0 Å². The van der Waals surface area contributed by atoms with Crippen molar-refractivity contribution in [2.75, 3.05) is 11.9 Å². The van der Waals surface area contributed by atoms with Crippen LogP contribution < -0.4 is 5.32 Å². The Hall–Kier alpha value is -2.32. The lowest BCUT2D eigenvalue weighted by Gasteiger charge is -2.05. The third-order valence-electron chi connectivity index (χ3n) is 3.02. The van der Waals surface area contributed by atoms with E-state index < -0.39 is 24.3 Å². The highest BCUT2D eigenvalue weighted by Gasteiger charge is 2.15. The minimum absolute atomic E-state index is 0.213. The molecule has 0 bridgehead atoms. The van der Waals surface area contributed by atoms with Gasteiger partial charge in [0.15, 0.2) is 11.7 Å². The Labute approximate surface area is 148 Å². The third kappa shape index (κ3) is 3.77. The fourth-order valence-corrected chi connectivity index (χ4v) is 3.38. The van der Waals surface area contributed by atoms with Crippen LogP contribution in [0.2, 0.25) is 0 Å². The second-order valence-electron chi connectivity index (χ2n) is 4.74. The molecule has 5 nitrogen and oxygen atoms in total. The molecule has 1 heterocycles. The number of benzene rings is 2. The standard InChI is InChI=1S/C16H10BrFN2O3S/c17-9-5-6-12-13(7-9)24-16(19-12)20-14(21)8-23-15(22)10-3-1-2-4-11(10)18/h1-7H,8H2,(H,19,20,21). The number of nitrogens with zero attached hydrogens (tertiary/aromatic N) is 1. The Bertz CT molecular complexity index is 929. The van der Waals surface area contributed by atoms with Crippen molar-refractivity contribution in [2.24, 2.45) is 0 Å². The van der Waals surface area contributed by atoms with Gasteiger partial charge >= 0.3 is 5.97 Å². The van der Waals surface area contributed by atoms with Gasteiger partial charge in [-0.15, -0.1) is 0 Å². The quantitative estimate of drug-likeness (QED) is 0.662. The predicted octanol–water partition coefficient (Wildman–Crippen LogP) is 3.99. The van der Waals surface area contributed by atoms with Gasteiger partial charge < -0.3 is 4.74 Å². The Morgan fingerprint density at radius 1 is 1.25 bits per heavy atom. The second-order valence-corrected chi connectivity index (χ2v) is 6.68. The van der Waals surface area contributed by atoms with Crippen molar-refractivity contribution in [3.05, 3.63) is 58.3 Å². The van der Waals surface area contributed by atoms with Gasteiger partial charge in [-0.1, -0.05) is 39.4 Å². The Morgan fingerprint density at radius 3 is 2.83 bits per heavy atom. The lowest BCUT2D eigenvalue weighted by Crippen LogP contribution is -2.21. The molecule has 0 aliphatic carbocycles. The maximum atomic E-state index is 13.4. The summed E-state index contributed by atoms with van der Waals surface area (Å²) in [6, 6.07) is 11.0. The van der Waals surface area contributed by atoms with Crippen molar-refractivity contribution in [2.45, 2.75) is 0 Å². The first-order chi connectivity index (χ1) is 11.5. The molecule has 0 radical (unpaired) electrons. The fourth-order valence-electron chi connectivity index (χ4n) is 1.94. The molecule has 8 heteroatoms. The number of halogens is 2. The van der Waals surface area contributed by atoms with Crippen molar-refractivity contribution < 1.29 is 18.7 Å². The van der Waals surface area contributed by atoms with E-state index in [4.69, 9.17) is 4.74 Å². The van der Waals surface area contributed by atoms with Gasteiger partial charge in [0.05, 0.1) is 15.8 Å². The maximum absolute atomic E-state index is 13.4. The van der Waals surface area contributed by atoms with Crippen LogP contribution in [0, 0.1) is 5.82 Å². The minimum Gasteiger partial charge on any atom is -0.452 e. The number of ether oxygens (including phenoxy) is 1.